The highest BCUT2D eigenvalue weighted by molar-refractivity contribution is 7.99. The van der Waals surface area contributed by atoms with Crippen molar-refractivity contribution in [3.05, 3.63) is 12.2 Å². The van der Waals surface area contributed by atoms with E-state index >= 15 is 0 Å². The van der Waals surface area contributed by atoms with E-state index in [2.05, 4.69) is 44.7 Å². The normalized spacial score (nSPS) is 13.4. The Morgan fingerprint density at radius 1 is 0.941 bits per heavy atom. The van der Waals surface area contributed by atoms with Gasteiger partial charge in [-0.1, -0.05) is 58.6 Å². The molecule has 0 saturated heterocycles. The minimum atomic E-state index is 0.855. The summed E-state index contributed by atoms with van der Waals surface area (Å²) in [6.45, 7) is 6.81. The molecule has 1 heteroatoms. The van der Waals surface area contributed by atoms with Crippen LogP contribution in [0.1, 0.15) is 72.1 Å². The average molecular weight is 256 g/mol. The summed E-state index contributed by atoms with van der Waals surface area (Å²) in [5.74, 6) is 3.49. The summed E-state index contributed by atoms with van der Waals surface area (Å²) in [5, 5.41) is 0. The zero-order valence-electron chi connectivity index (χ0n) is 12.2. The van der Waals surface area contributed by atoms with Crippen molar-refractivity contribution in [2.24, 2.45) is 5.92 Å². The molecular weight excluding hydrogens is 224 g/mol. The maximum atomic E-state index is 2.49. The topological polar surface area (TPSA) is 0 Å². The maximum Gasteiger partial charge on any atom is -0.00676 e. The largest absolute Gasteiger partial charge is 0.162 e. The highest BCUT2D eigenvalue weighted by atomic mass is 32.2. The summed E-state index contributed by atoms with van der Waals surface area (Å²) in [7, 11) is 0. The highest BCUT2D eigenvalue weighted by Gasteiger charge is 2.03. The zero-order chi connectivity index (χ0) is 12.8. The minimum Gasteiger partial charge on any atom is -0.162 e. The predicted molar refractivity (Wildman–Crippen MR) is 83.9 cm³/mol. The lowest BCUT2D eigenvalue weighted by atomic mass is 9.95. The second kappa shape index (κ2) is 14.2. The van der Waals surface area contributed by atoms with Crippen LogP contribution in [0.4, 0.5) is 0 Å². The number of hydrogen-bond acceptors (Lipinski definition) is 1. The molecule has 0 aliphatic rings. The van der Waals surface area contributed by atoms with E-state index in [1.54, 1.807) is 0 Å². The molecule has 0 rings (SSSR count). The number of allylic oxidation sites excluding steroid dienone is 2. The van der Waals surface area contributed by atoms with Gasteiger partial charge in [-0.25, -0.2) is 0 Å². The molecule has 0 nitrogen and oxygen atoms in total. The van der Waals surface area contributed by atoms with E-state index in [-0.39, 0.29) is 0 Å². The van der Waals surface area contributed by atoms with Gasteiger partial charge in [0.2, 0.25) is 0 Å². The third kappa shape index (κ3) is 12.3. The minimum absolute atomic E-state index is 0.855. The van der Waals surface area contributed by atoms with Crippen molar-refractivity contribution < 1.29 is 0 Å². The molecule has 0 heterocycles. The molecule has 0 aliphatic carbocycles. The molecule has 0 bridgehead atoms. The van der Waals surface area contributed by atoms with E-state index in [0.717, 1.165) is 5.92 Å². The summed E-state index contributed by atoms with van der Waals surface area (Å²) in [4.78, 5) is 0. The molecule has 102 valence electrons. The second-order valence-electron chi connectivity index (χ2n) is 4.81. The third-order valence-corrected chi connectivity index (χ3v) is 4.10. The fourth-order valence-corrected chi connectivity index (χ4v) is 2.71. The molecule has 17 heavy (non-hydrogen) atoms. The van der Waals surface area contributed by atoms with Crippen LogP contribution in [0.2, 0.25) is 0 Å². The van der Waals surface area contributed by atoms with E-state index in [9.17, 15) is 0 Å². The summed E-state index contributed by atoms with van der Waals surface area (Å²) >= 11 is 2.08. The van der Waals surface area contributed by atoms with Crippen LogP contribution < -0.4 is 0 Å². The molecule has 0 amide bonds. The fourth-order valence-electron chi connectivity index (χ4n) is 2.01. The van der Waals surface area contributed by atoms with Crippen LogP contribution in [-0.4, -0.2) is 11.5 Å². The van der Waals surface area contributed by atoms with E-state index < -0.39 is 0 Å². The van der Waals surface area contributed by atoms with Crippen molar-refractivity contribution in [1.82, 2.24) is 0 Å². The summed E-state index contributed by atoms with van der Waals surface area (Å²) in [6, 6.07) is 0. The molecular formula is C16H32S. The second-order valence-corrected chi connectivity index (χ2v) is 6.21. The van der Waals surface area contributed by atoms with Gasteiger partial charge in [-0.2, -0.15) is 11.8 Å². The Labute approximate surface area is 114 Å². The first kappa shape index (κ1) is 17.1. The van der Waals surface area contributed by atoms with Gasteiger partial charge in [0.1, 0.15) is 0 Å². The Morgan fingerprint density at radius 2 is 1.71 bits per heavy atom. The van der Waals surface area contributed by atoms with Gasteiger partial charge in [0.25, 0.3) is 0 Å². The third-order valence-electron chi connectivity index (χ3n) is 3.11. The first-order valence-electron chi connectivity index (χ1n) is 7.59. The Hall–Kier alpha value is 0.0900. The van der Waals surface area contributed by atoms with Crippen molar-refractivity contribution in [2.75, 3.05) is 11.5 Å². The van der Waals surface area contributed by atoms with Crippen molar-refractivity contribution >= 4 is 11.8 Å². The summed E-state index contributed by atoms with van der Waals surface area (Å²) in [6.07, 6.45) is 15.8. The number of unbranched alkanes of at least 4 members (excludes halogenated alkanes) is 3. The Morgan fingerprint density at radius 3 is 2.35 bits per heavy atom. The van der Waals surface area contributed by atoms with Gasteiger partial charge in [-0.15, -0.1) is 0 Å². The molecule has 0 radical (unpaired) electrons. The van der Waals surface area contributed by atoms with Crippen LogP contribution in [0.25, 0.3) is 0 Å². The van der Waals surface area contributed by atoms with Crippen LogP contribution in [-0.2, 0) is 0 Å². The molecule has 1 atom stereocenters. The van der Waals surface area contributed by atoms with E-state index in [1.165, 1.54) is 62.9 Å². The summed E-state index contributed by atoms with van der Waals surface area (Å²) in [5.41, 5.74) is 0. The monoisotopic (exact) mass is 256 g/mol. The Balaban J connectivity index is 3.68. The molecule has 0 aromatic heterocycles. The van der Waals surface area contributed by atoms with E-state index in [4.69, 9.17) is 0 Å². The quantitative estimate of drug-likeness (QED) is 0.301. The molecule has 0 fully saturated rings. The maximum absolute atomic E-state index is 2.49. The zero-order valence-corrected chi connectivity index (χ0v) is 13.0. The van der Waals surface area contributed by atoms with Gasteiger partial charge in [0.15, 0.2) is 0 Å². The molecule has 0 saturated carbocycles. The van der Waals surface area contributed by atoms with Gasteiger partial charge >= 0.3 is 0 Å². The fraction of sp³-hybridized carbons (Fsp3) is 0.875. The predicted octanol–water partition coefficient (Wildman–Crippen LogP) is 6.07. The van der Waals surface area contributed by atoms with Crippen LogP contribution in [0.3, 0.4) is 0 Å². The van der Waals surface area contributed by atoms with Crippen LogP contribution >= 0.6 is 11.8 Å². The first-order chi connectivity index (χ1) is 8.35. The molecule has 0 aliphatic heterocycles. The van der Waals surface area contributed by atoms with Gasteiger partial charge in [-0.3, -0.25) is 0 Å². The van der Waals surface area contributed by atoms with Crippen LogP contribution in [0.15, 0.2) is 12.2 Å². The van der Waals surface area contributed by atoms with Crippen molar-refractivity contribution in [1.29, 1.82) is 0 Å². The molecule has 1 unspecified atom stereocenters. The highest BCUT2D eigenvalue weighted by Crippen LogP contribution is 2.19. The lowest BCUT2D eigenvalue weighted by Gasteiger charge is -2.12. The smallest absolute Gasteiger partial charge is 0.00676 e. The first-order valence-corrected chi connectivity index (χ1v) is 8.74. The van der Waals surface area contributed by atoms with Crippen LogP contribution in [0.5, 0.6) is 0 Å². The van der Waals surface area contributed by atoms with Gasteiger partial charge in [0, 0.05) is 0 Å². The Kier molecular flexibility index (Phi) is 14.2. The SMILES string of the molecule is CCC/C=C\C(CCCC)CCCCSCC. The molecule has 0 aromatic carbocycles. The molecule has 0 spiro atoms. The number of thioether (sulfide) groups is 1. The number of hydrogen-bond donors (Lipinski definition) is 0. The summed E-state index contributed by atoms with van der Waals surface area (Å²) < 4.78 is 0. The van der Waals surface area contributed by atoms with Crippen molar-refractivity contribution in [2.45, 2.75) is 72.1 Å². The lowest BCUT2D eigenvalue weighted by molar-refractivity contribution is 0.497. The van der Waals surface area contributed by atoms with E-state index in [1.807, 2.05) is 0 Å². The van der Waals surface area contributed by atoms with E-state index in [0.29, 0.717) is 0 Å². The molecule has 0 aromatic rings. The number of rotatable bonds is 12. The van der Waals surface area contributed by atoms with Gasteiger partial charge < -0.3 is 0 Å². The standard InChI is InChI=1S/C16H32S/c1-4-7-9-13-16(12-8-5-2)14-10-11-15-17-6-3/h9,13,16H,4-8,10-12,14-15H2,1-3H3/b13-9-. The average Bonchev–Trinajstić information content (AvgIpc) is 2.35. The van der Waals surface area contributed by atoms with Gasteiger partial charge in [-0.05, 0) is 43.1 Å². The van der Waals surface area contributed by atoms with Crippen LogP contribution in [0, 0.1) is 5.92 Å². The van der Waals surface area contributed by atoms with Crippen molar-refractivity contribution in [3.8, 4) is 0 Å². The Bertz CT molecular complexity index is 163. The van der Waals surface area contributed by atoms with Gasteiger partial charge in [0.05, 0.1) is 0 Å². The van der Waals surface area contributed by atoms with Crippen molar-refractivity contribution in [3.63, 3.8) is 0 Å². The molecule has 0 N–H and O–H groups in total. The lowest BCUT2D eigenvalue weighted by Crippen LogP contribution is -1.97.